The third-order valence-corrected chi connectivity index (χ3v) is 3.08. The Morgan fingerprint density at radius 1 is 1.54 bits per heavy atom. The minimum absolute atomic E-state index is 0.0225. The van der Waals surface area contributed by atoms with E-state index in [0.29, 0.717) is 19.8 Å². The predicted octanol–water partition coefficient (Wildman–Crippen LogP) is 1.01. The molecule has 1 spiro atoms. The summed E-state index contributed by atoms with van der Waals surface area (Å²) in [6.45, 7) is 1.99. The molecule has 74 valence electrons. The van der Waals surface area contributed by atoms with Crippen molar-refractivity contribution < 1.29 is 14.3 Å². The lowest BCUT2D eigenvalue weighted by Crippen LogP contribution is -2.62. The average Bonchev–Trinajstić information content (AvgIpc) is 2.14. The zero-order valence-electron chi connectivity index (χ0n) is 7.91. The molecule has 0 N–H and O–H groups in total. The molecule has 4 nitrogen and oxygen atoms in total. The molecule has 0 aromatic carbocycles. The van der Waals surface area contributed by atoms with Gasteiger partial charge in [-0.2, -0.15) is 0 Å². The van der Waals surface area contributed by atoms with Gasteiger partial charge >= 0.3 is 6.09 Å². The summed E-state index contributed by atoms with van der Waals surface area (Å²) in [4.78, 5) is 13.3. The zero-order valence-corrected chi connectivity index (χ0v) is 7.91. The number of nitrogens with zero attached hydrogens (tertiary/aromatic N) is 1. The summed E-state index contributed by atoms with van der Waals surface area (Å²) in [7, 11) is 1.43. The number of morpholine rings is 1. The summed E-state index contributed by atoms with van der Waals surface area (Å²) in [6.07, 6.45) is 3.10. The van der Waals surface area contributed by atoms with Crippen LogP contribution in [0, 0.1) is 0 Å². The van der Waals surface area contributed by atoms with Gasteiger partial charge in [-0.25, -0.2) is 4.79 Å². The first-order valence-corrected chi connectivity index (χ1v) is 4.72. The third kappa shape index (κ3) is 1.29. The lowest BCUT2D eigenvalue weighted by Gasteiger charge is -2.51. The molecule has 2 fully saturated rings. The van der Waals surface area contributed by atoms with Crippen LogP contribution >= 0.6 is 0 Å². The lowest BCUT2D eigenvalue weighted by atomic mass is 9.75. The molecule has 0 bridgehead atoms. The van der Waals surface area contributed by atoms with E-state index >= 15 is 0 Å². The predicted molar refractivity (Wildman–Crippen MR) is 46.5 cm³/mol. The number of hydrogen-bond acceptors (Lipinski definition) is 3. The molecule has 0 atom stereocenters. The van der Waals surface area contributed by atoms with Crippen molar-refractivity contribution in [3.8, 4) is 0 Å². The molecule has 0 radical (unpaired) electrons. The average molecular weight is 185 g/mol. The molecule has 0 aromatic heterocycles. The van der Waals surface area contributed by atoms with E-state index in [1.54, 1.807) is 0 Å². The Hall–Kier alpha value is -0.770. The number of methoxy groups -OCH3 is 1. The van der Waals surface area contributed by atoms with Crippen molar-refractivity contribution in [2.24, 2.45) is 0 Å². The van der Waals surface area contributed by atoms with E-state index in [4.69, 9.17) is 9.47 Å². The van der Waals surface area contributed by atoms with Gasteiger partial charge in [0, 0.05) is 6.54 Å². The topological polar surface area (TPSA) is 38.8 Å². The SMILES string of the molecule is COC(=O)N1CCOCC12CCC2. The molecular weight excluding hydrogens is 170 g/mol. The van der Waals surface area contributed by atoms with E-state index in [-0.39, 0.29) is 11.6 Å². The molecule has 13 heavy (non-hydrogen) atoms. The second kappa shape index (κ2) is 3.18. The number of amides is 1. The molecule has 0 aromatic rings. The van der Waals surface area contributed by atoms with Crippen LogP contribution in [-0.2, 0) is 9.47 Å². The second-order valence-electron chi connectivity index (χ2n) is 3.75. The fraction of sp³-hybridized carbons (Fsp3) is 0.889. The fourth-order valence-electron chi connectivity index (χ4n) is 2.13. The van der Waals surface area contributed by atoms with Crippen LogP contribution in [0.25, 0.3) is 0 Å². The molecule has 4 heteroatoms. The summed E-state index contributed by atoms with van der Waals surface area (Å²) in [5, 5.41) is 0. The van der Waals surface area contributed by atoms with E-state index in [1.807, 2.05) is 4.90 Å². The van der Waals surface area contributed by atoms with Crippen molar-refractivity contribution in [1.29, 1.82) is 0 Å². The van der Waals surface area contributed by atoms with Crippen molar-refractivity contribution in [2.45, 2.75) is 24.8 Å². The van der Waals surface area contributed by atoms with Gasteiger partial charge in [0.25, 0.3) is 0 Å². The van der Waals surface area contributed by atoms with Crippen molar-refractivity contribution >= 4 is 6.09 Å². The minimum Gasteiger partial charge on any atom is -0.453 e. The first-order valence-electron chi connectivity index (χ1n) is 4.72. The Bertz CT molecular complexity index is 213. The number of carbonyl (C=O) groups is 1. The van der Waals surface area contributed by atoms with Crippen molar-refractivity contribution in [3.63, 3.8) is 0 Å². The van der Waals surface area contributed by atoms with E-state index in [0.717, 1.165) is 12.8 Å². The lowest BCUT2D eigenvalue weighted by molar-refractivity contribution is -0.0937. The standard InChI is InChI=1S/C9H15NO3/c1-12-8(11)10-5-6-13-7-9(10)3-2-4-9/h2-7H2,1H3. The maximum absolute atomic E-state index is 11.4. The quantitative estimate of drug-likeness (QED) is 0.565. The minimum atomic E-state index is -0.206. The highest BCUT2D eigenvalue weighted by Gasteiger charge is 2.47. The number of carbonyl (C=O) groups excluding carboxylic acids is 1. The monoisotopic (exact) mass is 185 g/mol. The van der Waals surface area contributed by atoms with Crippen LogP contribution in [0.3, 0.4) is 0 Å². The van der Waals surface area contributed by atoms with E-state index in [1.165, 1.54) is 13.5 Å². The van der Waals surface area contributed by atoms with Crippen molar-refractivity contribution in [1.82, 2.24) is 4.90 Å². The first-order chi connectivity index (χ1) is 6.28. The van der Waals surface area contributed by atoms with Gasteiger partial charge in [0.15, 0.2) is 0 Å². The molecule has 0 unspecified atom stereocenters. The van der Waals surface area contributed by atoms with Crippen molar-refractivity contribution in [3.05, 3.63) is 0 Å². The molecule has 1 saturated carbocycles. The second-order valence-corrected chi connectivity index (χ2v) is 3.75. The maximum atomic E-state index is 11.4. The highest BCUT2D eigenvalue weighted by molar-refractivity contribution is 5.69. The molecule has 1 aliphatic heterocycles. The van der Waals surface area contributed by atoms with Crippen LogP contribution in [0.15, 0.2) is 0 Å². The number of ether oxygens (including phenoxy) is 2. The Morgan fingerprint density at radius 2 is 2.31 bits per heavy atom. The van der Waals surface area contributed by atoms with Gasteiger partial charge in [-0.15, -0.1) is 0 Å². The van der Waals surface area contributed by atoms with E-state index in [2.05, 4.69) is 0 Å². The normalized spacial score (nSPS) is 25.5. The molecule has 1 saturated heterocycles. The van der Waals surface area contributed by atoms with Gasteiger partial charge < -0.3 is 9.47 Å². The summed E-state index contributed by atoms with van der Waals surface area (Å²) in [5.41, 5.74) is -0.0225. The Labute approximate surface area is 77.8 Å². The molecule has 2 rings (SSSR count). The van der Waals surface area contributed by atoms with Crippen molar-refractivity contribution in [2.75, 3.05) is 26.9 Å². The molecular formula is C9H15NO3. The van der Waals surface area contributed by atoms with Crippen LogP contribution in [-0.4, -0.2) is 43.4 Å². The highest BCUT2D eigenvalue weighted by atomic mass is 16.5. The van der Waals surface area contributed by atoms with Gasteiger partial charge in [-0.3, -0.25) is 4.90 Å². The summed E-state index contributed by atoms with van der Waals surface area (Å²) in [6, 6.07) is 0. The van der Waals surface area contributed by atoms with Crippen LogP contribution in [0.4, 0.5) is 4.79 Å². The highest BCUT2D eigenvalue weighted by Crippen LogP contribution is 2.39. The van der Waals surface area contributed by atoms with Gasteiger partial charge in [0.05, 0.1) is 25.9 Å². The maximum Gasteiger partial charge on any atom is 0.410 e. The van der Waals surface area contributed by atoms with Crippen LogP contribution in [0.5, 0.6) is 0 Å². The summed E-state index contributed by atoms with van der Waals surface area (Å²) < 4.78 is 10.2. The Balaban J connectivity index is 2.09. The van der Waals surface area contributed by atoms with Crippen LogP contribution < -0.4 is 0 Å². The van der Waals surface area contributed by atoms with E-state index < -0.39 is 0 Å². The van der Waals surface area contributed by atoms with E-state index in [9.17, 15) is 4.79 Å². The van der Waals surface area contributed by atoms with Gasteiger partial charge in [-0.05, 0) is 19.3 Å². The molecule has 1 heterocycles. The molecule has 1 amide bonds. The Morgan fingerprint density at radius 3 is 2.85 bits per heavy atom. The fourth-order valence-corrected chi connectivity index (χ4v) is 2.13. The summed E-state index contributed by atoms with van der Waals surface area (Å²) >= 11 is 0. The number of hydrogen-bond donors (Lipinski definition) is 0. The third-order valence-electron chi connectivity index (χ3n) is 3.08. The molecule has 2 aliphatic rings. The van der Waals surface area contributed by atoms with Crippen LogP contribution in [0.1, 0.15) is 19.3 Å². The Kier molecular flexibility index (Phi) is 2.15. The smallest absolute Gasteiger partial charge is 0.410 e. The van der Waals surface area contributed by atoms with Gasteiger partial charge in [0.1, 0.15) is 0 Å². The van der Waals surface area contributed by atoms with Gasteiger partial charge in [-0.1, -0.05) is 0 Å². The first kappa shape index (κ1) is 8.81. The largest absolute Gasteiger partial charge is 0.453 e. The van der Waals surface area contributed by atoms with Gasteiger partial charge in [0.2, 0.25) is 0 Å². The molecule has 1 aliphatic carbocycles. The summed E-state index contributed by atoms with van der Waals surface area (Å²) in [5.74, 6) is 0. The van der Waals surface area contributed by atoms with Crippen LogP contribution in [0.2, 0.25) is 0 Å². The number of rotatable bonds is 0. The zero-order chi connectivity index (χ0) is 9.31.